The zero-order valence-electron chi connectivity index (χ0n) is 15.7. The second kappa shape index (κ2) is 6.11. The van der Waals surface area contributed by atoms with Crippen molar-refractivity contribution in [3.05, 3.63) is 136 Å². The average Bonchev–Trinajstić information content (AvgIpc) is 2.80. The molecular formula is C27H17NS. The van der Waals surface area contributed by atoms with E-state index in [0.29, 0.717) is 11.5 Å². The molecule has 2 heteroatoms. The normalized spacial score (nSPS) is 20.3. The number of benzene rings is 4. The lowest BCUT2D eigenvalue weighted by Gasteiger charge is -2.50. The van der Waals surface area contributed by atoms with Crippen LogP contribution in [0, 0.1) is 11.3 Å². The molecule has 3 aliphatic carbocycles. The average molecular weight is 388 g/mol. The van der Waals surface area contributed by atoms with Crippen LogP contribution in [-0.4, -0.2) is 0 Å². The molecule has 0 N–H and O–H groups in total. The van der Waals surface area contributed by atoms with Crippen LogP contribution in [0.4, 0.5) is 0 Å². The van der Waals surface area contributed by atoms with E-state index in [1.807, 2.05) is 23.9 Å². The summed E-state index contributed by atoms with van der Waals surface area (Å²) in [4.78, 5) is 1.17. The molecule has 0 aromatic heterocycles. The third-order valence-corrected chi connectivity index (χ3v) is 7.68. The van der Waals surface area contributed by atoms with Crippen LogP contribution >= 0.6 is 11.8 Å². The van der Waals surface area contributed by atoms with Crippen molar-refractivity contribution >= 4 is 11.8 Å². The van der Waals surface area contributed by atoms with Gasteiger partial charge in [0.05, 0.1) is 16.4 Å². The van der Waals surface area contributed by atoms with Gasteiger partial charge in [0.1, 0.15) is 0 Å². The molecule has 4 aromatic carbocycles. The lowest BCUT2D eigenvalue weighted by atomic mass is 9.60. The van der Waals surface area contributed by atoms with Gasteiger partial charge >= 0.3 is 0 Å². The standard InChI is InChI=1S/C27H17NS/c28-17-18-13-15-19(16-14-18)29-27-23-10-4-1-7-20(23)26(21-8-2-5-11-24(21)27)22-9-3-6-12-25(22)27/h1-16,26H. The quantitative estimate of drug-likeness (QED) is 0.395. The Morgan fingerprint density at radius 3 is 1.52 bits per heavy atom. The number of nitrogens with zero attached hydrogens (tertiary/aromatic N) is 1. The first-order valence-corrected chi connectivity index (χ1v) is 10.6. The molecule has 0 fully saturated rings. The molecule has 0 aliphatic heterocycles. The van der Waals surface area contributed by atoms with E-state index in [9.17, 15) is 5.26 Å². The van der Waals surface area contributed by atoms with Crippen molar-refractivity contribution in [2.45, 2.75) is 15.6 Å². The molecule has 0 amide bonds. The Balaban J connectivity index is 1.68. The van der Waals surface area contributed by atoms with Crippen LogP contribution in [0.1, 0.15) is 44.9 Å². The van der Waals surface area contributed by atoms with Gasteiger partial charge in [-0.2, -0.15) is 5.26 Å². The van der Waals surface area contributed by atoms with Crippen LogP contribution in [0.25, 0.3) is 0 Å². The summed E-state index contributed by atoms with van der Waals surface area (Å²) in [5, 5.41) is 9.19. The van der Waals surface area contributed by atoms with Gasteiger partial charge in [0.2, 0.25) is 0 Å². The topological polar surface area (TPSA) is 23.8 Å². The summed E-state index contributed by atoms with van der Waals surface area (Å²) in [5.74, 6) is 0.294. The van der Waals surface area contributed by atoms with Gasteiger partial charge in [-0.05, 0) is 57.6 Å². The van der Waals surface area contributed by atoms with Crippen molar-refractivity contribution < 1.29 is 0 Å². The molecule has 0 saturated heterocycles. The Bertz CT molecular complexity index is 1180. The number of rotatable bonds is 2. The maximum absolute atomic E-state index is 9.19. The van der Waals surface area contributed by atoms with Gasteiger partial charge in [-0.25, -0.2) is 0 Å². The van der Waals surface area contributed by atoms with Crippen molar-refractivity contribution in [3.63, 3.8) is 0 Å². The molecule has 0 radical (unpaired) electrons. The third-order valence-electron chi connectivity index (χ3n) is 6.21. The molecule has 0 heterocycles. The zero-order valence-corrected chi connectivity index (χ0v) is 16.5. The molecule has 0 unspecified atom stereocenters. The van der Waals surface area contributed by atoms with Gasteiger partial charge in [0, 0.05) is 10.8 Å². The molecule has 7 rings (SSSR count). The minimum Gasteiger partial charge on any atom is -0.192 e. The van der Waals surface area contributed by atoms with Crippen LogP contribution < -0.4 is 0 Å². The third kappa shape index (κ3) is 2.17. The van der Waals surface area contributed by atoms with Gasteiger partial charge in [0.25, 0.3) is 0 Å². The molecule has 4 aromatic rings. The van der Waals surface area contributed by atoms with E-state index < -0.39 is 0 Å². The van der Waals surface area contributed by atoms with Gasteiger partial charge in [-0.3, -0.25) is 0 Å². The van der Waals surface area contributed by atoms with E-state index in [1.165, 1.54) is 38.3 Å². The highest BCUT2D eigenvalue weighted by molar-refractivity contribution is 8.00. The van der Waals surface area contributed by atoms with Crippen LogP contribution in [0.2, 0.25) is 0 Å². The Labute approximate surface area is 174 Å². The monoisotopic (exact) mass is 387 g/mol. The Hall–Kier alpha value is -3.28. The summed E-state index contributed by atoms with van der Waals surface area (Å²) >= 11 is 1.89. The van der Waals surface area contributed by atoms with Gasteiger partial charge in [0.15, 0.2) is 0 Å². The van der Waals surface area contributed by atoms with Crippen LogP contribution in [0.5, 0.6) is 0 Å². The first-order chi connectivity index (χ1) is 14.3. The van der Waals surface area contributed by atoms with E-state index in [4.69, 9.17) is 0 Å². The van der Waals surface area contributed by atoms with Gasteiger partial charge in [-0.1, -0.05) is 72.8 Å². The van der Waals surface area contributed by atoms with Crippen molar-refractivity contribution in [3.8, 4) is 6.07 Å². The number of thioether (sulfide) groups is 1. The minimum absolute atomic E-state index is 0.285. The highest BCUT2D eigenvalue weighted by Crippen LogP contribution is 2.64. The first-order valence-electron chi connectivity index (χ1n) is 9.80. The summed E-state index contributed by atoms with van der Waals surface area (Å²) in [6.45, 7) is 0. The predicted octanol–water partition coefficient (Wildman–Crippen LogP) is 6.45. The number of hydrogen-bond acceptors (Lipinski definition) is 2. The number of nitriles is 1. The second-order valence-electron chi connectivity index (χ2n) is 7.61. The molecule has 29 heavy (non-hydrogen) atoms. The predicted molar refractivity (Wildman–Crippen MR) is 117 cm³/mol. The first kappa shape index (κ1) is 16.7. The van der Waals surface area contributed by atoms with E-state index in [2.05, 4.69) is 91.0 Å². The van der Waals surface area contributed by atoms with Gasteiger partial charge in [-0.15, -0.1) is 11.8 Å². The second-order valence-corrected chi connectivity index (χ2v) is 8.90. The fourth-order valence-electron chi connectivity index (χ4n) is 5.09. The molecule has 1 nitrogen and oxygen atoms in total. The fraction of sp³-hybridized carbons (Fsp3) is 0.0741. The summed E-state index contributed by atoms with van der Waals surface area (Å²) in [6.07, 6.45) is 0. The van der Waals surface area contributed by atoms with E-state index in [1.54, 1.807) is 0 Å². The maximum Gasteiger partial charge on any atom is 0.0991 e. The summed E-state index contributed by atoms with van der Waals surface area (Å²) in [5.41, 5.74) is 9.08. The highest BCUT2D eigenvalue weighted by Gasteiger charge is 2.52. The Morgan fingerprint density at radius 2 is 1.07 bits per heavy atom. The largest absolute Gasteiger partial charge is 0.192 e. The summed E-state index contributed by atoms with van der Waals surface area (Å²) in [7, 11) is 0. The highest BCUT2D eigenvalue weighted by atomic mass is 32.2. The summed E-state index contributed by atoms with van der Waals surface area (Å²) in [6, 6.07) is 36.9. The lowest BCUT2D eigenvalue weighted by molar-refractivity contribution is 0.713. The molecule has 136 valence electrons. The van der Waals surface area contributed by atoms with Crippen LogP contribution in [0.3, 0.4) is 0 Å². The van der Waals surface area contributed by atoms with Crippen molar-refractivity contribution in [1.29, 1.82) is 5.26 Å². The lowest BCUT2D eigenvalue weighted by Crippen LogP contribution is -2.39. The fourth-order valence-corrected chi connectivity index (χ4v) is 6.60. The smallest absolute Gasteiger partial charge is 0.0991 e. The molecule has 0 spiro atoms. The molecule has 3 aliphatic rings. The zero-order chi connectivity index (χ0) is 19.4. The van der Waals surface area contributed by atoms with E-state index in [0.717, 1.165) is 0 Å². The Kier molecular flexibility index (Phi) is 3.51. The summed E-state index contributed by atoms with van der Waals surface area (Å²) < 4.78 is -0.285. The molecular weight excluding hydrogens is 370 g/mol. The van der Waals surface area contributed by atoms with E-state index >= 15 is 0 Å². The van der Waals surface area contributed by atoms with Crippen molar-refractivity contribution in [2.24, 2.45) is 0 Å². The minimum atomic E-state index is -0.285. The van der Waals surface area contributed by atoms with Gasteiger partial charge < -0.3 is 0 Å². The maximum atomic E-state index is 9.19. The number of hydrogen-bond donors (Lipinski definition) is 0. The van der Waals surface area contributed by atoms with Crippen molar-refractivity contribution in [1.82, 2.24) is 0 Å². The molecule has 0 saturated carbocycles. The van der Waals surface area contributed by atoms with E-state index in [-0.39, 0.29) is 4.75 Å². The van der Waals surface area contributed by atoms with Crippen LogP contribution in [-0.2, 0) is 4.75 Å². The SMILES string of the molecule is N#Cc1ccc(SC23c4ccccc4C(c4ccccc42)c2ccccc23)cc1. The molecule has 0 atom stereocenters. The van der Waals surface area contributed by atoms with Crippen LogP contribution in [0.15, 0.2) is 102 Å². The Morgan fingerprint density at radius 1 is 0.621 bits per heavy atom. The molecule has 2 bridgehead atoms. The van der Waals surface area contributed by atoms with Crippen molar-refractivity contribution in [2.75, 3.05) is 0 Å².